The van der Waals surface area contributed by atoms with Gasteiger partial charge in [0, 0.05) is 44.4 Å². The molecule has 0 bridgehead atoms. The highest BCUT2D eigenvalue weighted by molar-refractivity contribution is 5.30. The van der Waals surface area contributed by atoms with E-state index in [0.717, 1.165) is 31.8 Å². The summed E-state index contributed by atoms with van der Waals surface area (Å²) in [5, 5.41) is 3.34. The van der Waals surface area contributed by atoms with Crippen LogP contribution in [-0.4, -0.2) is 22.6 Å². The monoisotopic (exact) mass is 259 g/mol. The third-order valence-corrected chi connectivity index (χ3v) is 4.13. The Hall–Kier alpha value is -1.68. The summed E-state index contributed by atoms with van der Waals surface area (Å²) in [5.41, 5.74) is 1.36. The van der Waals surface area contributed by atoms with Crippen molar-refractivity contribution in [2.45, 2.75) is 18.3 Å². The molecule has 3 rings (SSSR count). The molecule has 0 amide bonds. The number of hydrogen-bond acceptors (Lipinski definition) is 2. The molecule has 19 heavy (non-hydrogen) atoms. The number of nitrogens with one attached hydrogen (secondary N) is 1. The normalized spacial score (nSPS) is 17.2. The number of hydrogen-bond donors (Lipinski definition) is 1. The second-order valence-electron chi connectivity index (χ2n) is 5.35. The average Bonchev–Trinajstić information content (AvgIpc) is 2.76. The Morgan fingerprint density at radius 3 is 2.58 bits per heavy atom. The molecule has 2 heterocycles. The summed E-state index contributed by atoms with van der Waals surface area (Å²) in [6, 6.07) is 6.93. The van der Waals surface area contributed by atoms with Crippen molar-refractivity contribution >= 4 is 0 Å². The van der Waals surface area contributed by atoms with Crippen LogP contribution in [0, 0.1) is 5.82 Å². The van der Waals surface area contributed by atoms with E-state index in [1.807, 2.05) is 31.6 Å². The van der Waals surface area contributed by atoms with Crippen molar-refractivity contribution in [1.82, 2.24) is 14.9 Å². The van der Waals surface area contributed by atoms with E-state index in [0.29, 0.717) is 0 Å². The molecule has 0 spiro atoms. The van der Waals surface area contributed by atoms with Gasteiger partial charge in [0.25, 0.3) is 0 Å². The van der Waals surface area contributed by atoms with Crippen LogP contribution in [0.4, 0.5) is 4.39 Å². The summed E-state index contributed by atoms with van der Waals surface area (Å²) in [7, 11) is 2.02. The van der Waals surface area contributed by atoms with E-state index < -0.39 is 0 Å². The van der Waals surface area contributed by atoms with Crippen LogP contribution in [0.1, 0.15) is 17.8 Å². The van der Waals surface area contributed by atoms with E-state index >= 15 is 0 Å². The molecule has 2 aromatic rings. The lowest BCUT2D eigenvalue weighted by Crippen LogP contribution is -2.57. The molecule has 1 N–H and O–H groups in total. The molecule has 0 saturated carbocycles. The topological polar surface area (TPSA) is 29.9 Å². The molecule has 100 valence electrons. The van der Waals surface area contributed by atoms with Crippen LogP contribution in [0.2, 0.25) is 0 Å². The molecular weight excluding hydrogens is 241 g/mol. The van der Waals surface area contributed by atoms with Crippen LogP contribution in [0.15, 0.2) is 36.7 Å². The number of rotatable bonds is 4. The Balaban J connectivity index is 1.76. The molecule has 1 saturated heterocycles. The van der Waals surface area contributed by atoms with Gasteiger partial charge < -0.3 is 9.88 Å². The fourth-order valence-corrected chi connectivity index (χ4v) is 2.74. The van der Waals surface area contributed by atoms with Crippen LogP contribution in [0.3, 0.4) is 0 Å². The highest BCUT2D eigenvalue weighted by atomic mass is 19.1. The van der Waals surface area contributed by atoms with Gasteiger partial charge in [-0.2, -0.15) is 0 Å². The maximum atomic E-state index is 13.0. The summed E-state index contributed by atoms with van der Waals surface area (Å²) in [5.74, 6) is 0.934. The first-order chi connectivity index (χ1) is 9.20. The predicted molar refractivity (Wildman–Crippen MR) is 72.5 cm³/mol. The minimum atomic E-state index is -0.171. The molecule has 1 aliphatic heterocycles. The van der Waals surface area contributed by atoms with Crippen molar-refractivity contribution in [3.05, 3.63) is 53.9 Å². The van der Waals surface area contributed by atoms with Crippen molar-refractivity contribution in [3.8, 4) is 0 Å². The molecule has 4 heteroatoms. The zero-order chi connectivity index (χ0) is 13.3. The van der Waals surface area contributed by atoms with Gasteiger partial charge in [-0.15, -0.1) is 0 Å². The van der Waals surface area contributed by atoms with Gasteiger partial charge in [0.2, 0.25) is 0 Å². The average molecular weight is 259 g/mol. The Labute approximate surface area is 112 Å². The first-order valence-corrected chi connectivity index (χ1v) is 6.63. The zero-order valence-electron chi connectivity index (χ0n) is 11.1. The first kappa shape index (κ1) is 12.4. The summed E-state index contributed by atoms with van der Waals surface area (Å²) in [6.45, 7) is 1.92. The predicted octanol–water partition coefficient (Wildman–Crippen LogP) is 2.03. The van der Waals surface area contributed by atoms with E-state index in [1.165, 1.54) is 5.56 Å². The van der Waals surface area contributed by atoms with E-state index in [-0.39, 0.29) is 11.2 Å². The molecule has 0 aliphatic carbocycles. The Morgan fingerprint density at radius 2 is 2.05 bits per heavy atom. The molecule has 0 unspecified atom stereocenters. The number of aromatic nitrogens is 2. The minimum absolute atomic E-state index is 0.139. The number of benzene rings is 1. The van der Waals surface area contributed by atoms with Crippen LogP contribution >= 0.6 is 0 Å². The van der Waals surface area contributed by atoms with Crippen molar-refractivity contribution < 1.29 is 4.39 Å². The SMILES string of the molecule is Cn1ccnc1CCC1(c2ccc(F)cc2)CNC1. The molecule has 1 aliphatic rings. The third kappa shape index (κ3) is 2.28. The fraction of sp³-hybridized carbons (Fsp3) is 0.400. The first-order valence-electron chi connectivity index (χ1n) is 6.63. The second-order valence-corrected chi connectivity index (χ2v) is 5.35. The largest absolute Gasteiger partial charge is 0.338 e. The van der Waals surface area contributed by atoms with Gasteiger partial charge in [-0.05, 0) is 24.1 Å². The summed E-state index contributed by atoms with van der Waals surface area (Å²) in [6.07, 6.45) is 5.79. The molecule has 1 aromatic heterocycles. The number of aryl methyl sites for hydroxylation is 2. The molecular formula is C15H18FN3. The van der Waals surface area contributed by atoms with Gasteiger partial charge in [0.1, 0.15) is 11.6 Å². The van der Waals surface area contributed by atoms with Crippen LogP contribution < -0.4 is 5.32 Å². The van der Waals surface area contributed by atoms with E-state index in [1.54, 1.807) is 12.1 Å². The summed E-state index contributed by atoms with van der Waals surface area (Å²) in [4.78, 5) is 4.37. The van der Waals surface area contributed by atoms with Crippen LogP contribution in [-0.2, 0) is 18.9 Å². The van der Waals surface area contributed by atoms with Crippen molar-refractivity contribution in [2.24, 2.45) is 7.05 Å². The molecule has 0 radical (unpaired) electrons. The lowest BCUT2D eigenvalue weighted by atomic mass is 9.72. The van der Waals surface area contributed by atoms with Crippen LogP contribution in [0.5, 0.6) is 0 Å². The summed E-state index contributed by atoms with van der Waals surface area (Å²) >= 11 is 0. The molecule has 1 fully saturated rings. The Morgan fingerprint density at radius 1 is 1.32 bits per heavy atom. The highest BCUT2D eigenvalue weighted by Crippen LogP contribution is 2.33. The van der Waals surface area contributed by atoms with Gasteiger partial charge in [0.05, 0.1) is 0 Å². The quantitative estimate of drug-likeness (QED) is 0.910. The minimum Gasteiger partial charge on any atom is -0.338 e. The van der Waals surface area contributed by atoms with Gasteiger partial charge in [0.15, 0.2) is 0 Å². The van der Waals surface area contributed by atoms with Gasteiger partial charge >= 0.3 is 0 Å². The maximum absolute atomic E-state index is 13.0. The van der Waals surface area contributed by atoms with Gasteiger partial charge in [-0.1, -0.05) is 12.1 Å². The number of nitrogens with zero attached hydrogens (tertiary/aromatic N) is 2. The molecule has 3 nitrogen and oxygen atoms in total. The fourth-order valence-electron chi connectivity index (χ4n) is 2.74. The summed E-state index contributed by atoms with van der Waals surface area (Å²) < 4.78 is 15.1. The smallest absolute Gasteiger partial charge is 0.123 e. The van der Waals surface area contributed by atoms with Crippen molar-refractivity contribution in [1.29, 1.82) is 0 Å². The zero-order valence-corrected chi connectivity index (χ0v) is 11.1. The maximum Gasteiger partial charge on any atom is 0.123 e. The van der Waals surface area contributed by atoms with Crippen molar-refractivity contribution in [3.63, 3.8) is 0 Å². The Bertz CT molecular complexity index is 555. The Kier molecular flexibility index (Phi) is 3.11. The van der Waals surface area contributed by atoms with E-state index in [4.69, 9.17) is 0 Å². The van der Waals surface area contributed by atoms with Gasteiger partial charge in [-0.3, -0.25) is 0 Å². The number of imidazole rings is 1. The van der Waals surface area contributed by atoms with Crippen LogP contribution in [0.25, 0.3) is 0 Å². The third-order valence-electron chi connectivity index (χ3n) is 4.13. The highest BCUT2D eigenvalue weighted by Gasteiger charge is 2.38. The van der Waals surface area contributed by atoms with Gasteiger partial charge in [-0.25, -0.2) is 9.37 Å². The number of halogens is 1. The van der Waals surface area contributed by atoms with E-state index in [9.17, 15) is 4.39 Å². The van der Waals surface area contributed by atoms with E-state index in [2.05, 4.69) is 14.9 Å². The van der Waals surface area contributed by atoms with Crippen molar-refractivity contribution in [2.75, 3.05) is 13.1 Å². The lowest BCUT2D eigenvalue weighted by Gasteiger charge is -2.43. The standard InChI is InChI=1S/C15H18FN3/c1-19-9-8-18-14(19)6-7-15(10-17-11-15)12-2-4-13(16)5-3-12/h2-5,8-9,17H,6-7,10-11H2,1H3. The lowest BCUT2D eigenvalue weighted by molar-refractivity contribution is 0.255. The molecule has 0 atom stereocenters. The molecule has 1 aromatic carbocycles. The second kappa shape index (κ2) is 4.78.